The van der Waals surface area contributed by atoms with Crippen molar-refractivity contribution in [2.75, 3.05) is 18.6 Å². The number of nitrogens with two attached hydrogens (primary N) is 1. The normalized spacial score (nSPS) is 27.5. The van der Waals surface area contributed by atoms with E-state index in [0.29, 0.717) is 12.1 Å². The van der Waals surface area contributed by atoms with Gasteiger partial charge in [0.25, 0.3) is 0 Å². The maximum absolute atomic E-state index is 6.04. The van der Waals surface area contributed by atoms with Gasteiger partial charge in [0.05, 0.1) is 7.11 Å². The van der Waals surface area contributed by atoms with Crippen molar-refractivity contribution in [2.24, 2.45) is 5.73 Å². The molecule has 0 aromatic heterocycles. The Morgan fingerprint density at radius 3 is 3.12 bits per heavy atom. The molecule has 1 aromatic carbocycles. The summed E-state index contributed by atoms with van der Waals surface area (Å²) in [6.07, 6.45) is 3.53. The predicted molar refractivity (Wildman–Crippen MR) is 65.0 cm³/mol. The summed E-state index contributed by atoms with van der Waals surface area (Å²) in [6, 6.07) is 7.40. The first-order valence-corrected chi connectivity index (χ1v) is 5.97. The van der Waals surface area contributed by atoms with Crippen LogP contribution in [0.4, 0.5) is 5.69 Å². The van der Waals surface area contributed by atoms with Gasteiger partial charge in [0.2, 0.25) is 0 Å². The highest BCUT2D eigenvalue weighted by molar-refractivity contribution is 5.60. The SMILES string of the molecule is COc1ccc2c(c1)CCC1CC(N)CN21. The van der Waals surface area contributed by atoms with E-state index >= 15 is 0 Å². The van der Waals surface area contributed by atoms with Crippen LogP contribution in [0.3, 0.4) is 0 Å². The van der Waals surface area contributed by atoms with Crippen LogP contribution >= 0.6 is 0 Å². The second kappa shape index (κ2) is 3.67. The summed E-state index contributed by atoms with van der Waals surface area (Å²) in [5, 5.41) is 0. The first kappa shape index (κ1) is 9.97. The Balaban J connectivity index is 1.97. The van der Waals surface area contributed by atoms with Crippen LogP contribution in [-0.2, 0) is 6.42 Å². The Bertz CT molecular complexity index is 405. The minimum absolute atomic E-state index is 0.345. The highest BCUT2D eigenvalue weighted by Gasteiger charge is 2.34. The third kappa shape index (κ3) is 1.47. The standard InChI is InChI=1S/C13H18N2O/c1-16-12-4-5-13-9(6-12)2-3-11-7-10(14)8-15(11)13/h4-6,10-11H,2-3,7-8,14H2,1H3. The fourth-order valence-corrected chi connectivity index (χ4v) is 3.01. The molecule has 0 aliphatic carbocycles. The molecule has 0 spiro atoms. The number of anilines is 1. The molecule has 2 heterocycles. The molecule has 3 rings (SSSR count). The molecule has 1 aromatic rings. The lowest BCUT2D eigenvalue weighted by molar-refractivity contribution is 0.413. The molecule has 1 saturated heterocycles. The number of hydrogen-bond donors (Lipinski definition) is 1. The van der Waals surface area contributed by atoms with Crippen LogP contribution in [0.15, 0.2) is 18.2 Å². The van der Waals surface area contributed by atoms with Gasteiger partial charge in [-0.05, 0) is 43.0 Å². The van der Waals surface area contributed by atoms with Crippen LogP contribution in [0.1, 0.15) is 18.4 Å². The van der Waals surface area contributed by atoms with Gasteiger partial charge in [0.15, 0.2) is 0 Å². The maximum Gasteiger partial charge on any atom is 0.119 e. The molecule has 2 unspecified atom stereocenters. The molecular formula is C13H18N2O. The van der Waals surface area contributed by atoms with E-state index in [1.807, 2.05) is 6.07 Å². The third-order valence-electron chi connectivity index (χ3n) is 3.79. The van der Waals surface area contributed by atoms with Crippen molar-refractivity contribution in [3.05, 3.63) is 23.8 Å². The minimum atomic E-state index is 0.345. The lowest BCUT2D eigenvalue weighted by Gasteiger charge is -2.33. The van der Waals surface area contributed by atoms with Crippen LogP contribution in [0, 0.1) is 0 Å². The van der Waals surface area contributed by atoms with Crippen molar-refractivity contribution in [1.82, 2.24) is 0 Å². The van der Waals surface area contributed by atoms with Gasteiger partial charge in [-0.15, -0.1) is 0 Å². The van der Waals surface area contributed by atoms with Crippen molar-refractivity contribution in [1.29, 1.82) is 0 Å². The summed E-state index contributed by atoms with van der Waals surface area (Å²) in [4.78, 5) is 2.48. The molecule has 16 heavy (non-hydrogen) atoms. The molecule has 0 saturated carbocycles. The third-order valence-corrected chi connectivity index (χ3v) is 3.79. The van der Waals surface area contributed by atoms with E-state index < -0.39 is 0 Å². The zero-order valence-electron chi connectivity index (χ0n) is 9.65. The highest BCUT2D eigenvalue weighted by Crippen LogP contribution is 2.37. The molecule has 0 bridgehead atoms. The summed E-state index contributed by atoms with van der Waals surface area (Å²) in [7, 11) is 1.72. The molecule has 3 heteroatoms. The lowest BCUT2D eigenvalue weighted by Crippen LogP contribution is -2.34. The van der Waals surface area contributed by atoms with Gasteiger partial charge < -0.3 is 15.4 Å². The van der Waals surface area contributed by atoms with Gasteiger partial charge >= 0.3 is 0 Å². The molecular weight excluding hydrogens is 200 g/mol. The van der Waals surface area contributed by atoms with E-state index in [2.05, 4.69) is 17.0 Å². The number of hydrogen-bond acceptors (Lipinski definition) is 3. The van der Waals surface area contributed by atoms with Crippen molar-refractivity contribution < 1.29 is 4.74 Å². The number of methoxy groups -OCH3 is 1. The zero-order valence-corrected chi connectivity index (χ0v) is 9.65. The largest absolute Gasteiger partial charge is 0.497 e. The van der Waals surface area contributed by atoms with Crippen molar-refractivity contribution >= 4 is 5.69 Å². The van der Waals surface area contributed by atoms with Crippen LogP contribution in [0.25, 0.3) is 0 Å². The van der Waals surface area contributed by atoms with Crippen LogP contribution in [0.2, 0.25) is 0 Å². The molecule has 2 atom stereocenters. The summed E-state index contributed by atoms with van der Waals surface area (Å²) in [5.41, 5.74) is 8.81. The topological polar surface area (TPSA) is 38.5 Å². The van der Waals surface area contributed by atoms with Crippen molar-refractivity contribution in [3.63, 3.8) is 0 Å². The molecule has 2 N–H and O–H groups in total. The van der Waals surface area contributed by atoms with Crippen LogP contribution in [0.5, 0.6) is 5.75 Å². The lowest BCUT2D eigenvalue weighted by atomic mass is 9.96. The van der Waals surface area contributed by atoms with E-state index in [-0.39, 0.29) is 0 Å². The van der Waals surface area contributed by atoms with Gasteiger partial charge in [-0.1, -0.05) is 0 Å². The number of fused-ring (bicyclic) bond motifs is 3. The molecule has 0 radical (unpaired) electrons. The van der Waals surface area contributed by atoms with Gasteiger partial charge in [0.1, 0.15) is 5.75 Å². The summed E-state index contributed by atoms with van der Waals surface area (Å²) < 4.78 is 5.27. The maximum atomic E-state index is 6.04. The summed E-state index contributed by atoms with van der Waals surface area (Å²) in [6.45, 7) is 1.00. The van der Waals surface area contributed by atoms with Crippen molar-refractivity contribution in [2.45, 2.75) is 31.3 Å². The second-order valence-corrected chi connectivity index (χ2v) is 4.84. The Morgan fingerprint density at radius 1 is 1.44 bits per heavy atom. The number of rotatable bonds is 1. The summed E-state index contributed by atoms with van der Waals surface area (Å²) in [5.74, 6) is 0.959. The Labute approximate surface area is 96.2 Å². The van der Waals surface area contributed by atoms with E-state index in [0.717, 1.165) is 25.1 Å². The smallest absolute Gasteiger partial charge is 0.119 e. The minimum Gasteiger partial charge on any atom is -0.497 e. The van der Waals surface area contributed by atoms with Crippen LogP contribution in [-0.4, -0.2) is 25.7 Å². The Hall–Kier alpha value is -1.22. The van der Waals surface area contributed by atoms with Gasteiger partial charge in [-0.2, -0.15) is 0 Å². The number of benzene rings is 1. The average Bonchev–Trinajstić information content (AvgIpc) is 2.69. The summed E-state index contributed by atoms with van der Waals surface area (Å²) >= 11 is 0. The highest BCUT2D eigenvalue weighted by atomic mass is 16.5. The average molecular weight is 218 g/mol. The predicted octanol–water partition coefficient (Wildman–Crippen LogP) is 1.55. The molecule has 1 fully saturated rings. The quantitative estimate of drug-likeness (QED) is 0.777. The first-order chi connectivity index (χ1) is 7.78. The molecule has 3 nitrogen and oxygen atoms in total. The fourth-order valence-electron chi connectivity index (χ4n) is 3.01. The molecule has 2 aliphatic rings. The van der Waals surface area contributed by atoms with Crippen LogP contribution < -0.4 is 15.4 Å². The fraction of sp³-hybridized carbons (Fsp3) is 0.538. The zero-order chi connectivity index (χ0) is 11.1. The van der Waals surface area contributed by atoms with E-state index in [1.54, 1.807) is 7.11 Å². The van der Waals surface area contributed by atoms with E-state index in [1.165, 1.54) is 17.7 Å². The van der Waals surface area contributed by atoms with Gasteiger partial charge in [-0.25, -0.2) is 0 Å². The molecule has 0 amide bonds. The second-order valence-electron chi connectivity index (χ2n) is 4.84. The van der Waals surface area contributed by atoms with Crippen molar-refractivity contribution in [3.8, 4) is 5.75 Å². The number of ether oxygens (including phenoxy) is 1. The Morgan fingerprint density at radius 2 is 2.31 bits per heavy atom. The molecule has 86 valence electrons. The van der Waals surface area contributed by atoms with Gasteiger partial charge in [0, 0.05) is 24.3 Å². The Kier molecular flexibility index (Phi) is 2.28. The van der Waals surface area contributed by atoms with E-state index in [4.69, 9.17) is 10.5 Å². The number of aryl methyl sites for hydroxylation is 1. The van der Waals surface area contributed by atoms with E-state index in [9.17, 15) is 0 Å². The number of nitrogens with zero attached hydrogens (tertiary/aromatic N) is 1. The van der Waals surface area contributed by atoms with Gasteiger partial charge in [-0.3, -0.25) is 0 Å². The first-order valence-electron chi connectivity index (χ1n) is 5.97. The molecule has 2 aliphatic heterocycles. The monoisotopic (exact) mass is 218 g/mol.